The standard InChI is InChI=1S/C24H31N3O/c28-24(20-13-11-19(12-14-20)21-7-6-15-25-17-21)27(23-9-2-1-3-10-23)18-22-8-4-5-16-26-22/h4-5,8,11-14,16,21,23,25H,1-3,6-7,9-10,15,17-18H2/t21-/m1/s1. The number of hydrogen-bond donors (Lipinski definition) is 1. The molecule has 4 heteroatoms. The molecule has 2 aliphatic rings. The zero-order valence-corrected chi connectivity index (χ0v) is 16.6. The van der Waals surface area contributed by atoms with E-state index in [1.54, 1.807) is 0 Å². The predicted octanol–water partition coefficient (Wildman–Crippen LogP) is 4.52. The maximum absolute atomic E-state index is 13.4. The van der Waals surface area contributed by atoms with Gasteiger partial charge in [0.15, 0.2) is 0 Å². The van der Waals surface area contributed by atoms with E-state index in [1.165, 1.54) is 37.7 Å². The number of pyridine rings is 1. The number of amides is 1. The van der Waals surface area contributed by atoms with Crippen LogP contribution in [0.25, 0.3) is 0 Å². The minimum atomic E-state index is 0.144. The molecular weight excluding hydrogens is 346 g/mol. The van der Waals surface area contributed by atoms with Crippen molar-refractivity contribution in [3.63, 3.8) is 0 Å². The fourth-order valence-electron chi connectivity index (χ4n) is 4.63. The molecule has 0 unspecified atom stereocenters. The summed E-state index contributed by atoms with van der Waals surface area (Å²) in [5, 5.41) is 3.48. The smallest absolute Gasteiger partial charge is 0.254 e. The van der Waals surface area contributed by atoms with Crippen LogP contribution in [0.3, 0.4) is 0 Å². The van der Waals surface area contributed by atoms with Crippen molar-refractivity contribution >= 4 is 5.91 Å². The van der Waals surface area contributed by atoms with E-state index >= 15 is 0 Å². The van der Waals surface area contributed by atoms with Crippen LogP contribution in [-0.2, 0) is 6.54 Å². The fraction of sp³-hybridized carbons (Fsp3) is 0.500. The average Bonchev–Trinajstić information content (AvgIpc) is 2.79. The highest BCUT2D eigenvalue weighted by molar-refractivity contribution is 5.94. The van der Waals surface area contributed by atoms with Gasteiger partial charge in [-0.05, 0) is 68.0 Å². The molecule has 0 bridgehead atoms. The fourth-order valence-corrected chi connectivity index (χ4v) is 4.63. The highest BCUT2D eigenvalue weighted by Gasteiger charge is 2.27. The van der Waals surface area contributed by atoms with Crippen molar-refractivity contribution in [2.45, 2.75) is 63.5 Å². The summed E-state index contributed by atoms with van der Waals surface area (Å²) in [4.78, 5) is 20.0. The molecule has 2 heterocycles. The van der Waals surface area contributed by atoms with Gasteiger partial charge in [0.2, 0.25) is 0 Å². The van der Waals surface area contributed by atoms with Crippen LogP contribution in [0.1, 0.15) is 72.5 Å². The Morgan fingerprint density at radius 1 is 1.00 bits per heavy atom. The monoisotopic (exact) mass is 377 g/mol. The molecule has 2 fully saturated rings. The van der Waals surface area contributed by atoms with Crippen molar-refractivity contribution in [3.8, 4) is 0 Å². The normalized spacial score (nSPS) is 20.6. The number of carbonyl (C=O) groups is 1. The van der Waals surface area contributed by atoms with Gasteiger partial charge in [-0.25, -0.2) is 0 Å². The number of aromatic nitrogens is 1. The predicted molar refractivity (Wildman–Crippen MR) is 112 cm³/mol. The highest BCUT2D eigenvalue weighted by Crippen LogP contribution is 2.27. The summed E-state index contributed by atoms with van der Waals surface area (Å²) in [5.74, 6) is 0.715. The van der Waals surface area contributed by atoms with Crippen LogP contribution in [0, 0.1) is 0 Å². The molecule has 4 nitrogen and oxygen atoms in total. The van der Waals surface area contributed by atoms with Gasteiger partial charge in [-0.15, -0.1) is 0 Å². The van der Waals surface area contributed by atoms with Gasteiger partial charge in [0.1, 0.15) is 0 Å². The van der Waals surface area contributed by atoms with Gasteiger partial charge < -0.3 is 10.2 Å². The Morgan fingerprint density at radius 2 is 1.82 bits per heavy atom. The molecule has 1 aromatic heterocycles. The topological polar surface area (TPSA) is 45.2 Å². The Morgan fingerprint density at radius 3 is 2.50 bits per heavy atom. The Bertz CT molecular complexity index is 747. The van der Waals surface area contributed by atoms with Crippen molar-refractivity contribution < 1.29 is 4.79 Å². The largest absolute Gasteiger partial charge is 0.330 e. The lowest BCUT2D eigenvalue weighted by Gasteiger charge is -2.34. The molecule has 28 heavy (non-hydrogen) atoms. The minimum Gasteiger partial charge on any atom is -0.330 e. The van der Waals surface area contributed by atoms with Crippen LogP contribution in [0.5, 0.6) is 0 Å². The molecule has 148 valence electrons. The minimum absolute atomic E-state index is 0.144. The van der Waals surface area contributed by atoms with Gasteiger partial charge in [0, 0.05) is 24.3 Å². The number of benzene rings is 1. The first-order valence-corrected chi connectivity index (χ1v) is 10.8. The Hall–Kier alpha value is -2.20. The zero-order valence-electron chi connectivity index (χ0n) is 16.6. The average molecular weight is 378 g/mol. The van der Waals surface area contributed by atoms with E-state index in [9.17, 15) is 4.79 Å². The van der Waals surface area contributed by atoms with Crippen molar-refractivity contribution in [2.24, 2.45) is 0 Å². The number of piperidine rings is 1. The van der Waals surface area contributed by atoms with Gasteiger partial charge in [-0.3, -0.25) is 9.78 Å². The lowest BCUT2D eigenvalue weighted by molar-refractivity contribution is 0.0611. The van der Waals surface area contributed by atoms with Crippen LogP contribution in [0.15, 0.2) is 48.7 Å². The molecule has 1 aromatic carbocycles. The number of nitrogens with one attached hydrogen (secondary N) is 1. The summed E-state index contributed by atoms with van der Waals surface area (Å²) in [5.41, 5.74) is 3.11. The molecule has 1 atom stereocenters. The van der Waals surface area contributed by atoms with Crippen molar-refractivity contribution in [1.82, 2.24) is 15.2 Å². The van der Waals surface area contributed by atoms with Crippen LogP contribution in [0.4, 0.5) is 0 Å². The lowest BCUT2D eigenvalue weighted by Crippen LogP contribution is -2.41. The Balaban J connectivity index is 1.52. The molecule has 1 aliphatic carbocycles. The first-order chi connectivity index (χ1) is 13.8. The van der Waals surface area contributed by atoms with E-state index in [0.29, 0.717) is 18.5 Å². The molecule has 1 saturated carbocycles. The van der Waals surface area contributed by atoms with E-state index in [0.717, 1.165) is 37.2 Å². The van der Waals surface area contributed by atoms with Gasteiger partial charge in [-0.1, -0.05) is 37.5 Å². The second kappa shape index (κ2) is 9.33. The molecule has 0 radical (unpaired) electrons. The maximum atomic E-state index is 13.4. The summed E-state index contributed by atoms with van der Waals surface area (Å²) in [7, 11) is 0. The molecular formula is C24H31N3O. The van der Waals surface area contributed by atoms with Crippen LogP contribution >= 0.6 is 0 Å². The summed E-state index contributed by atoms with van der Waals surface area (Å²) in [6.07, 6.45) is 10.2. The summed E-state index contributed by atoms with van der Waals surface area (Å²) in [6.45, 7) is 2.76. The second-order valence-electron chi connectivity index (χ2n) is 8.21. The van der Waals surface area contributed by atoms with Crippen molar-refractivity contribution in [1.29, 1.82) is 0 Å². The zero-order chi connectivity index (χ0) is 19.2. The van der Waals surface area contributed by atoms with E-state index in [2.05, 4.69) is 27.3 Å². The Kier molecular flexibility index (Phi) is 6.38. The molecule has 1 aliphatic heterocycles. The van der Waals surface area contributed by atoms with Crippen molar-refractivity contribution in [2.75, 3.05) is 13.1 Å². The maximum Gasteiger partial charge on any atom is 0.254 e. The molecule has 2 aromatic rings. The first kappa shape index (κ1) is 19.1. The summed E-state index contributed by atoms with van der Waals surface area (Å²) in [6, 6.07) is 14.6. The lowest BCUT2D eigenvalue weighted by atomic mass is 9.90. The van der Waals surface area contributed by atoms with Crippen LogP contribution < -0.4 is 5.32 Å². The van der Waals surface area contributed by atoms with Gasteiger partial charge in [-0.2, -0.15) is 0 Å². The van der Waals surface area contributed by atoms with E-state index in [1.807, 2.05) is 36.5 Å². The van der Waals surface area contributed by atoms with Crippen molar-refractivity contribution in [3.05, 3.63) is 65.5 Å². The summed E-state index contributed by atoms with van der Waals surface area (Å²) >= 11 is 0. The third-order valence-electron chi connectivity index (χ3n) is 6.26. The third kappa shape index (κ3) is 4.61. The highest BCUT2D eigenvalue weighted by atomic mass is 16.2. The van der Waals surface area contributed by atoms with Gasteiger partial charge in [0.05, 0.1) is 12.2 Å². The second-order valence-corrected chi connectivity index (χ2v) is 8.21. The van der Waals surface area contributed by atoms with E-state index in [4.69, 9.17) is 0 Å². The third-order valence-corrected chi connectivity index (χ3v) is 6.26. The number of nitrogens with zero attached hydrogens (tertiary/aromatic N) is 2. The first-order valence-electron chi connectivity index (χ1n) is 10.8. The quantitative estimate of drug-likeness (QED) is 0.833. The van der Waals surface area contributed by atoms with Crippen LogP contribution in [0.2, 0.25) is 0 Å². The molecule has 0 spiro atoms. The van der Waals surface area contributed by atoms with E-state index in [-0.39, 0.29) is 5.91 Å². The molecule has 1 N–H and O–H groups in total. The van der Waals surface area contributed by atoms with Gasteiger partial charge in [0.25, 0.3) is 5.91 Å². The van der Waals surface area contributed by atoms with E-state index < -0.39 is 0 Å². The number of carbonyl (C=O) groups excluding carboxylic acids is 1. The summed E-state index contributed by atoms with van der Waals surface area (Å²) < 4.78 is 0. The van der Waals surface area contributed by atoms with Crippen LogP contribution in [-0.4, -0.2) is 34.9 Å². The van der Waals surface area contributed by atoms with Gasteiger partial charge >= 0.3 is 0 Å². The number of hydrogen-bond acceptors (Lipinski definition) is 3. The number of rotatable bonds is 5. The SMILES string of the molecule is O=C(c1ccc([C@@H]2CCCNC2)cc1)N(Cc1ccccn1)C1CCCCC1. The molecule has 1 saturated heterocycles. The molecule has 4 rings (SSSR count). The Labute approximate surface area is 168 Å². The molecule has 1 amide bonds.